The third kappa shape index (κ3) is 3.01. The van der Waals surface area contributed by atoms with E-state index >= 15 is 0 Å². The van der Waals surface area contributed by atoms with Crippen LogP contribution >= 0.6 is 0 Å². The van der Waals surface area contributed by atoms with Crippen molar-refractivity contribution in [1.29, 1.82) is 0 Å². The summed E-state index contributed by atoms with van der Waals surface area (Å²) in [5.41, 5.74) is -0.279. The van der Waals surface area contributed by atoms with Crippen molar-refractivity contribution in [3.8, 4) is 0 Å². The molecule has 1 aromatic carbocycles. The second-order valence-corrected chi connectivity index (χ2v) is 4.64. The number of H-pyrrole nitrogens is 1. The molecule has 0 saturated heterocycles. The summed E-state index contributed by atoms with van der Waals surface area (Å²) in [5, 5.41) is 0. The van der Waals surface area contributed by atoms with Crippen LogP contribution in [0.4, 0.5) is 13.2 Å². The predicted octanol–water partition coefficient (Wildman–Crippen LogP) is 3.39. The van der Waals surface area contributed by atoms with Crippen molar-refractivity contribution < 1.29 is 22.7 Å². The Morgan fingerprint density at radius 2 is 2.09 bits per heavy atom. The van der Waals surface area contributed by atoms with Gasteiger partial charge in [-0.05, 0) is 18.2 Å². The van der Waals surface area contributed by atoms with Crippen LogP contribution in [0.3, 0.4) is 0 Å². The zero-order chi connectivity index (χ0) is 16.4. The fourth-order valence-corrected chi connectivity index (χ4v) is 2.05. The van der Waals surface area contributed by atoms with E-state index in [1.165, 1.54) is 6.07 Å². The minimum atomic E-state index is -3.01. The zero-order valence-corrected chi connectivity index (χ0v) is 11.6. The van der Waals surface area contributed by atoms with Crippen molar-refractivity contribution in [3.05, 3.63) is 59.3 Å². The number of hydrogen-bond acceptors (Lipinski definition) is 4. The number of alkyl halides is 2. The summed E-state index contributed by atoms with van der Waals surface area (Å²) >= 11 is 0. The lowest BCUT2D eigenvalue weighted by molar-refractivity contribution is 0.0457. The zero-order valence-electron chi connectivity index (χ0n) is 11.6. The normalized spacial score (nSPS) is 11.1. The summed E-state index contributed by atoms with van der Waals surface area (Å²) in [6.07, 6.45) is -1.45. The molecule has 0 aliphatic rings. The monoisotopic (exact) mass is 321 g/mol. The van der Waals surface area contributed by atoms with Crippen LogP contribution in [0.15, 0.2) is 36.5 Å². The molecule has 0 aliphatic heterocycles. The molecular formula is C15H10F3N3O2. The number of esters is 1. The first-order valence-corrected chi connectivity index (χ1v) is 6.59. The number of carbonyl (C=O) groups excluding carboxylic acids is 1. The molecule has 0 radical (unpaired) electrons. The number of carbonyl (C=O) groups is 1. The number of hydrogen-bond donors (Lipinski definition) is 1. The number of halogens is 3. The number of pyridine rings is 1. The van der Waals surface area contributed by atoms with Crippen LogP contribution in [0, 0.1) is 5.82 Å². The van der Waals surface area contributed by atoms with E-state index in [0.717, 1.165) is 12.1 Å². The van der Waals surface area contributed by atoms with Crippen molar-refractivity contribution in [1.82, 2.24) is 15.0 Å². The number of fused-ring (bicyclic) bond motifs is 1. The lowest BCUT2D eigenvalue weighted by Gasteiger charge is -2.07. The van der Waals surface area contributed by atoms with Gasteiger partial charge in [0.25, 0.3) is 6.43 Å². The Bertz CT molecular complexity index is 831. The summed E-state index contributed by atoms with van der Waals surface area (Å²) in [6.45, 7) is -0.256. The van der Waals surface area contributed by atoms with Crippen molar-refractivity contribution in [2.75, 3.05) is 0 Å². The molecule has 3 aromatic rings. The average molecular weight is 321 g/mol. The van der Waals surface area contributed by atoms with Gasteiger partial charge in [-0.25, -0.2) is 27.9 Å². The van der Waals surface area contributed by atoms with Crippen molar-refractivity contribution in [2.24, 2.45) is 0 Å². The van der Waals surface area contributed by atoms with Gasteiger partial charge in [0.15, 0.2) is 5.65 Å². The highest BCUT2D eigenvalue weighted by molar-refractivity contribution is 5.90. The molecule has 0 unspecified atom stereocenters. The van der Waals surface area contributed by atoms with E-state index in [1.807, 2.05) is 0 Å². The third-order valence-electron chi connectivity index (χ3n) is 3.13. The second kappa shape index (κ2) is 6.07. The Kier molecular flexibility index (Phi) is 3.96. The molecule has 118 valence electrons. The van der Waals surface area contributed by atoms with Gasteiger partial charge in [-0.3, -0.25) is 0 Å². The molecule has 0 saturated carbocycles. The SMILES string of the molecule is O=C(OCc1nc2ncccc2[nH]1)c1cccc(C(F)F)c1F. The number of benzene rings is 1. The van der Waals surface area contributed by atoms with E-state index in [1.54, 1.807) is 18.3 Å². The number of aromatic amines is 1. The number of nitrogens with zero attached hydrogens (tertiary/aromatic N) is 2. The van der Waals surface area contributed by atoms with Gasteiger partial charge in [-0.2, -0.15) is 0 Å². The summed E-state index contributed by atoms with van der Waals surface area (Å²) < 4.78 is 44.0. The molecule has 0 aliphatic carbocycles. The van der Waals surface area contributed by atoms with Gasteiger partial charge in [0.2, 0.25) is 0 Å². The molecule has 0 spiro atoms. The number of rotatable bonds is 4. The molecule has 0 atom stereocenters. The van der Waals surface area contributed by atoms with Gasteiger partial charge in [-0.15, -0.1) is 0 Å². The molecule has 8 heteroatoms. The Balaban J connectivity index is 1.76. The Morgan fingerprint density at radius 1 is 1.26 bits per heavy atom. The first-order chi connectivity index (χ1) is 11.1. The van der Waals surface area contributed by atoms with Gasteiger partial charge >= 0.3 is 5.97 Å². The van der Waals surface area contributed by atoms with Crippen LogP contribution < -0.4 is 0 Å². The molecule has 2 heterocycles. The lowest BCUT2D eigenvalue weighted by Crippen LogP contribution is -2.10. The smallest absolute Gasteiger partial charge is 0.341 e. The highest BCUT2D eigenvalue weighted by atomic mass is 19.3. The van der Waals surface area contributed by atoms with Crippen LogP contribution in [0.25, 0.3) is 11.2 Å². The van der Waals surface area contributed by atoms with Crippen LogP contribution in [0.5, 0.6) is 0 Å². The average Bonchev–Trinajstić information content (AvgIpc) is 2.95. The van der Waals surface area contributed by atoms with Crippen molar-refractivity contribution in [2.45, 2.75) is 13.0 Å². The van der Waals surface area contributed by atoms with E-state index in [4.69, 9.17) is 4.74 Å². The molecule has 0 fully saturated rings. The molecule has 2 aromatic heterocycles. The highest BCUT2D eigenvalue weighted by Gasteiger charge is 2.21. The van der Waals surface area contributed by atoms with E-state index in [-0.39, 0.29) is 6.61 Å². The summed E-state index contributed by atoms with van der Waals surface area (Å²) in [5.74, 6) is -2.00. The number of ether oxygens (including phenoxy) is 1. The molecule has 3 rings (SSSR count). The minimum absolute atomic E-state index is 0.256. The van der Waals surface area contributed by atoms with E-state index in [9.17, 15) is 18.0 Å². The molecule has 1 N–H and O–H groups in total. The van der Waals surface area contributed by atoms with Crippen LogP contribution in [-0.2, 0) is 11.3 Å². The lowest BCUT2D eigenvalue weighted by atomic mass is 10.1. The maximum Gasteiger partial charge on any atom is 0.341 e. The van der Waals surface area contributed by atoms with Gasteiger partial charge in [0.05, 0.1) is 16.6 Å². The topological polar surface area (TPSA) is 67.9 Å². The first-order valence-electron chi connectivity index (χ1n) is 6.59. The van der Waals surface area contributed by atoms with E-state index in [0.29, 0.717) is 17.0 Å². The highest BCUT2D eigenvalue weighted by Crippen LogP contribution is 2.24. The second-order valence-electron chi connectivity index (χ2n) is 4.64. The summed E-state index contributed by atoms with van der Waals surface area (Å²) in [7, 11) is 0. The van der Waals surface area contributed by atoms with E-state index in [2.05, 4.69) is 15.0 Å². The Morgan fingerprint density at radius 3 is 2.83 bits per heavy atom. The predicted molar refractivity (Wildman–Crippen MR) is 74.4 cm³/mol. The van der Waals surface area contributed by atoms with Gasteiger partial charge in [0, 0.05) is 6.20 Å². The van der Waals surface area contributed by atoms with Crippen molar-refractivity contribution >= 4 is 17.1 Å². The Hall–Kier alpha value is -2.90. The van der Waals surface area contributed by atoms with Crippen LogP contribution in [-0.4, -0.2) is 20.9 Å². The number of nitrogens with one attached hydrogen (secondary N) is 1. The van der Waals surface area contributed by atoms with Crippen LogP contribution in [0.2, 0.25) is 0 Å². The first kappa shape index (κ1) is 15.0. The minimum Gasteiger partial charge on any atom is -0.454 e. The summed E-state index contributed by atoms with van der Waals surface area (Å²) in [6, 6.07) is 6.63. The maximum absolute atomic E-state index is 13.9. The largest absolute Gasteiger partial charge is 0.454 e. The fraction of sp³-hybridized carbons (Fsp3) is 0.133. The Labute approximate surface area is 128 Å². The molecule has 0 amide bonds. The van der Waals surface area contributed by atoms with Crippen molar-refractivity contribution in [3.63, 3.8) is 0 Å². The fourth-order valence-electron chi connectivity index (χ4n) is 2.05. The maximum atomic E-state index is 13.9. The number of aromatic nitrogens is 3. The van der Waals surface area contributed by atoms with Gasteiger partial charge in [-0.1, -0.05) is 12.1 Å². The third-order valence-corrected chi connectivity index (χ3v) is 3.13. The number of imidazole rings is 1. The summed E-state index contributed by atoms with van der Waals surface area (Å²) in [4.78, 5) is 22.8. The molecule has 0 bridgehead atoms. The standard InChI is InChI=1S/C15H10F3N3O2/c16-12-8(13(17)18)3-1-4-9(12)15(22)23-7-11-20-10-5-2-6-19-14(10)21-11/h1-6,13H,7H2,(H,19,20,21). The molecule has 23 heavy (non-hydrogen) atoms. The quantitative estimate of drug-likeness (QED) is 0.748. The molecular weight excluding hydrogens is 311 g/mol. The van der Waals surface area contributed by atoms with Crippen LogP contribution in [0.1, 0.15) is 28.2 Å². The molecule has 5 nitrogen and oxygen atoms in total. The van der Waals surface area contributed by atoms with E-state index < -0.39 is 29.3 Å². The van der Waals surface area contributed by atoms with Gasteiger partial charge in [0.1, 0.15) is 18.2 Å². The van der Waals surface area contributed by atoms with Gasteiger partial charge < -0.3 is 9.72 Å².